The molecule has 2 heterocycles. The lowest BCUT2D eigenvalue weighted by atomic mass is 9.90. The number of nitrogens with zero attached hydrogens (tertiary/aromatic N) is 1. The van der Waals surface area contributed by atoms with Crippen LogP contribution in [0.25, 0.3) is 10.8 Å². The fourth-order valence-corrected chi connectivity index (χ4v) is 4.15. The number of nitrogens with one attached hydrogen (secondary N) is 2. The summed E-state index contributed by atoms with van der Waals surface area (Å²) in [6, 6.07) is 17.3. The highest BCUT2D eigenvalue weighted by atomic mass is 16.5. The van der Waals surface area contributed by atoms with E-state index in [1.807, 2.05) is 36.4 Å². The number of hydrogen-bond acceptors (Lipinski definition) is 5. The molecule has 3 aromatic carbocycles. The van der Waals surface area contributed by atoms with Gasteiger partial charge in [-0.25, -0.2) is 4.79 Å². The number of anilines is 1. The van der Waals surface area contributed by atoms with E-state index in [0.717, 1.165) is 15.7 Å². The first-order valence-electron chi connectivity index (χ1n) is 10.5. The van der Waals surface area contributed by atoms with Crippen molar-refractivity contribution in [1.82, 2.24) is 10.2 Å². The second-order valence-electron chi connectivity index (χ2n) is 8.39. The van der Waals surface area contributed by atoms with Crippen LogP contribution in [-0.2, 0) is 15.1 Å². The van der Waals surface area contributed by atoms with Gasteiger partial charge in [0, 0.05) is 5.56 Å². The molecular formula is C25H21N3O5. The Bertz CT molecular complexity index is 1350. The molecule has 8 nitrogen and oxygen atoms in total. The minimum Gasteiger partial charge on any atom is -0.479 e. The average molecular weight is 443 g/mol. The van der Waals surface area contributed by atoms with Gasteiger partial charge in [-0.05, 0) is 54.4 Å². The van der Waals surface area contributed by atoms with Gasteiger partial charge in [0.15, 0.2) is 11.9 Å². The van der Waals surface area contributed by atoms with Crippen molar-refractivity contribution < 1.29 is 23.9 Å². The Labute approximate surface area is 189 Å². The van der Waals surface area contributed by atoms with Gasteiger partial charge in [0.05, 0.1) is 12.2 Å². The van der Waals surface area contributed by atoms with Crippen LogP contribution in [0.1, 0.15) is 29.8 Å². The van der Waals surface area contributed by atoms with Crippen molar-refractivity contribution >= 4 is 40.1 Å². The van der Waals surface area contributed by atoms with Crippen molar-refractivity contribution in [3.8, 4) is 5.75 Å². The van der Waals surface area contributed by atoms with Gasteiger partial charge in [0.2, 0.25) is 0 Å². The number of benzene rings is 3. The van der Waals surface area contributed by atoms with Crippen molar-refractivity contribution in [3.05, 3.63) is 71.8 Å². The monoisotopic (exact) mass is 443 g/mol. The summed E-state index contributed by atoms with van der Waals surface area (Å²) in [6.45, 7) is 2.84. The van der Waals surface area contributed by atoms with E-state index >= 15 is 0 Å². The first-order chi connectivity index (χ1) is 15.8. The van der Waals surface area contributed by atoms with Crippen LogP contribution in [0.15, 0.2) is 60.7 Å². The summed E-state index contributed by atoms with van der Waals surface area (Å²) in [5.74, 6) is -0.790. The summed E-state index contributed by atoms with van der Waals surface area (Å²) >= 11 is 0. The highest BCUT2D eigenvalue weighted by Crippen LogP contribution is 2.33. The molecule has 0 aromatic heterocycles. The average Bonchev–Trinajstić information content (AvgIpc) is 3.03. The Balaban J connectivity index is 1.38. The van der Waals surface area contributed by atoms with Crippen molar-refractivity contribution in [2.75, 3.05) is 11.9 Å². The Morgan fingerprint density at radius 2 is 1.79 bits per heavy atom. The van der Waals surface area contributed by atoms with Gasteiger partial charge in [-0.15, -0.1) is 0 Å². The lowest BCUT2D eigenvalue weighted by Crippen LogP contribution is -2.41. The van der Waals surface area contributed by atoms with Gasteiger partial charge in [-0.2, -0.15) is 0 Å². The number of imide groups is 1. The summed E-state index contributed by atoms with van der Waals surface area (Å²) in [7, 11) is 0. The second-order valence-corrected chi connectivity index (χ2v) is 8.39. The number of carbonyl (C=O) groups is 4. The largest absolute Gasteiger partial charge is 0.479 e. The number of urea groups is 1. The van der Waals surface area contributed by atoms with Crippen LogP contribution in [-0.4, -0.2) is 41.2 Å². The van der Waals surface area contributed by atoms with Gasteiger partial charge in [0.1, 0.15) is 11.3 Å². The van der Waals surface area contributed by atoms with Crippen molar-refractivity contribution in [3.63, 3.8) is 0 Å². The van der Waals surface area contributed by atoms with Crippen molar-refractivity contribution in [1.29, 1.82) is 0 Å². The Morgan fingerprint density at radius 3 is 2.58 bits per heavy atom. The molecule has 2 aliphatic rings. The molecule has 166 valence electrons. The maximum atomic E-state index is 13.3. The van der Waals surface area contributed by atoms with E-state index in [-0.39, 0.29) is 11.5 Å². The Kier molecular flexibility index (Phi) is 4.67. The third kappa shape index (κ3) is 3.40. The zero-order chi connectivity index (χ0) is 23.3. The molecule has 2 atom stereocenters. The smallest absolute Gasteiger partial charge is 0.325 e. The Hall–Kier alpha value is -4.20. The normalized spacial score (nSPS) is 21.9. The van der Waals surface area contributed by atoms with E-state index in [1.165, 1.54) is 6.07 Å². The molecule has 0 saturated carbocycles. The SMILES string of the molecule is CC1Oc2ccc(C(=O)CN3C(=O)NC(C)(c4ccc5ccccc5c4)C3=O)cc2NC1=O. The summed E-state index contributed by atoms with van der Waals surface area (Å²) in [5, 5.41) is 7.39. The van der Waals surface area contributed by atoms with Gasteiger partial charge in [0.25, 0.3) is 11.8 Å². The molecule has 4 amide bonds. The number of carbonyl (C=O) groups excluding carboxylic acids is 4. The van der Waals surface area contributed by atoms with E-state index in [2.05, 4.69) is 10.6 Å². The van der Waals surface area contributed by atoms with Crippen molar-refractivity contribution in [2.45, 2.75) is 25.5 Å². The van der Waals surface area contributed by atoms with Crippen LogP contribution in [0.4, 0.5) is 10.5 Å². The molecule has 8 heteroatoms. The number of Topliss-reactive ketones (excluding diaryl/α,β-unsaturated/α-hetero) is 1. The first-order valence-corrected chi connectivity index (χ1v) is 10.5. The molecule has 1 saturated heterocycles. The third-order valence-corrected chi connectivity index (χ3v) is 6.14. The van der Waals surface area contributed by atoms with Crippen LogP contribution in [0.3, 0.4) is 0 Å². The maximum Gasteiger partial charge on any atom is 0.325 e. The fraction of sp³-hybridized carbons (Fsp3) is 0.200. The number of ketones is 1. The van der Waals surface area contributed by atoms with Crippen LogP contribution < -0.4 is 15.4 Å². The van der Waals surface area contributed by atoms with E-state index in [0.29, 0.717) is 17.0 Å². The number of ether oxygens (including phenoxy) is 1. The lowest BCUT2D eigenvalue weighted by molar-refractivity contribution is -0.130. The van der Waals surface area contributed by atoms with E-state index in [4.69, 9.17) is 4.74 Å². The standard InChI is InChI=1S/C25H21N3O5/c1-14-22(30)26-19-12-17(8-10-21(19)33-14)20(29)13-28-23(31)25(2,27-24(28)32)18-9-7-15-5-3-4-6-16(15)11-18/h3-12,14H,13H2,1-2H3,(H,26,30)(H,27,32). The topological polar surface area (TPSA) is 105 Å². The van der Waals surface area contributed by atoms with Gasteiger partial charge >= 0.3 is 6.03 Å². The number of amides is 4. The van der Waals surface area contributed by atoms with E-state index < -0.39 is 35.9 Å². The van der Waals surface area contributed by atoms with E-state index in [1.54, 1.807) is 32.0 Å². The summed E-state index contributed by atoms with van der Waals surface area (Å²) in [5.41, 5.74) is -0.0126. The van der Waals surface area contributed by atoms with Gasteiger partial charge in [-0.3, -0.25) is 19.3 Å². The third-order valence-electron chi connectivity index (χ3n) is 6.14. The van der Waals surface area contributed by atoms with Crippen LogP contribution in [0.2, 0.25) is 0 Å². The van der Waals surface area contributed by atoms with Crippen LogP contribution >= 0.6 is 0 Å². The van der Waals surface area contributed by atoms with Crippen LogP contribution in [0, 0.1) is 0 Å². The molecule has 5 rings (SSSR count). The molecule has 2 unspecified atom stereocenters. The number of rotatable bonds is 4. The fourth-order valence-electron chi connectivity index (χ4n) is 4.15. The van der Waals surface area contributed by atoms with Crippen molar-refractivity contribution in [2.24, 2.45) is 0 Å². The zero-order valence-electron chi connectivity index (χ0n) is 18.0. The maximum absolute atomic E-state index is 13.3. The molecule has 0 aliphatic carbocycles. The zero-order valence-corrected chi connectivity index (χ0v) is 18.0. The first kappa shape index (κ1) is 20.7. The molecule has 0 bridgehead atoms. The number of fused-ring (bicyclic) bond motifs is 2. The molecule has 0 radical (unpaired) electrons. The minimum atomic E-state index is -1.28. The molecule has 33 heavy (non-hydrogen) atoms. The Morgan fingerprint density at radius 1 is 1.03 bits per heavy atom. The lowest BCUT2D eigenvalue weighted by Gasteiger charge is -2.24. The number of hydrogen-bond donors (Lipinski definition) is 2. The van der Waals surface area contributed by atoms with E-state index in [9.17, 15) is 19.2 Å². The quantitative estimate of drug-likeness (QED) is 0.476. The highest BCUT2D eigenvalue weighted by molar-refractivity contribution is 6.12. The summed E-state index contributed by atoms with van der Waals surface area (Å²) in [4.78, 5) is 51.7. The molecule has 1 fully saturated rings. The molecule has 2 aliphatic heterocycles. The van der Waals surface area contributed by atoms with Gasteiger partial charge in [-0.1, -0.05) is 36.4 Å². The highest BCUT2D eigenvalue weighted by Gasteiger charge is 2.49. The molecule has 3 aromatic rings. The predicted molar refractivity (Wildman–Crippen MR) is 121 cm³/mol. The van der Waals surface area contributed by atoms with Crippen LogP contribution in [0.5, 0.6) is 5.75 Å². The summed E-state index contributed by atoms with van der Waals surface area (Å²) < 4.78 is 5.50. The van der Waals surface area contributed by atoms with Gasteiger partial charge < -0.3 is 15.4 Å². The molecular weight excluding hydrogens is 422 g/mol. The summed E-state index contributed by atoms with van der Waals surface area (Å²) in [6.07, 6.45) is -0.627. The molecule has 2 N–H and O–H groups in total. The predicted octanol–water partition coefficient (Wildman–Crippen LogP) is 3.21. The molecule has 0 spiro atoms. The second kappa shape index (κ2) is 7.44. The minimum absolute atomic E-state index is 0.257.